The molecule has 1 aromatic carbocycles. The van der Waals surface area contributed by atoms with Crippen LogP contribution in [0.4, 0.5) is 5.95 Å². The van der Waals surface area contributed by atoms with Gasteiger partial charge in [0.1, 0.15) is 0 Å². The molecule has 27 heavy (non-hydrogen) atoms. The molecule has 0 aliphatic carbocycles. The van der Waals surface area contributed by atoms with Gasteiger partial charge in [-0.1, -0.05) is 12.1 Å². The first-order valence-corrected chi connectivity index (χ1v) is 10.1. The van der Waals surface area contributed by atoms with Crippen LogP contribution in [0, 0.1) is 0 Å². The van der Waals surface area contributed by atoms with E-state index in [-0.39, 0.29) is 30.0 Å². The summed E-state index contributed by atoms with van der Waals surface area (Å²) in [7, 11) is -0.968. The van der Waals surface area contributed by atoms with Gasteiger partial charge in [-0.2, -0.15) is 0 Å². The number of anilines is 1. The molecule has 1 aliphatic heterocycles. The van der Waals surface area contributed by atoms with Gasteiger partial charge in [0, 0.05) is 60.5 Å². The van der Waals surface area contributed by atoms with Gasteiger partial charge >= 0.3 is 0 Å². The van der Waals surface area contributed by atoms with E-state index < -0.39 is 10.8 Å². The number of guanidine groups is 1. The standard InChI is InChI=1S/C18H24N6OS.HI/c1-14(15-4-6-16(7-5-15)26(2)25)22-17(19)23-10-12-24(13-11-23)18-20-8-3-9-21-18;/h3-9,14H,10-13H2,1-2H3,(H2,19,22);1H. The number of benzene rings is 1. The van der Waals surface area contributed by atoms with Crippen molar-refractivity contribution in [3.8, 4) is 0 Å². The highest BCUT2D eigenvalue weighted by molar-refractivity contribution is 14.0. The molecule has 2 unspecified atom stereocenters. The number of hydrogen-bond donors (Lipinski definition) is 1. The maximum absolute atomic E-state index is 11.5. The van der Waals surface area contributed by atoms with E-state index in [0.717, 1.165) is 42.6 Å². The van der Waals surface area contributed by atoms with Crippen molar-refractivity contribution in [2.24, 2.45) is 10.7 Å². The summed E-state index contributed by atoms with van der Waals surface area (Å²) in [6.45, 7) is 5.21. The van der Waals surface area contributed by atoms with Gasteiger partial charge in [-0.3, -0.25) is 4.21 Å². The lowest BCUT2D eigenvalue weighted by Gasteiger charge is -2.35. The predicted octanol–water partition coefficient (Wildman–Crippen LogP) is 2.03. The first-order valence-electron chi connectivity index (χ1n) is 8.58. The Morgan fingerprint density at radius 2 is 1.74 bits per heavy atom. The van der Waals surface area contributed by atoms with Gasteiger partial charge in [-0.05, 0) is 30.7 Å². The normalized spacial score (nSPS) is 17.2. The van der Waals surface area contributed by atoms with Crippen molar-refractivity contribution in [2.75, 3.05) is 37.3 Å². The largest absolute Gasteiger partial charge is 0.370 e. The molecule has 2 heterocycles. The van der Waals surface area contributed by atoms with Crippen LogP contribution in [0.2, 0.25) is 0 Å². The van der Waals surface area contributed by atoms with Crippen LogP contribution in [-0.4, -0.2) is 57.5 Å². The van der Waals surface area contributed by atoms with Crippen LogP contribution in [-0.2, 0) is 10.8 Å². The van der Waals surface area contributed by atoms with Crippen LogP contribution in [0.15, 0.2) is 52.6 Å². The highest BCUT2D eigenvalue weighted by Gasteiger charge is 2.20. The summed E-state index contributed by atoms with van der Waals surface area (Å²) in [4.78, 5) is 18.3. The summed E-state index contributed by atoms with van der Waals surface area (Å²) in [6, 6.07) is 9.45. The van der Waals surface area contributed by atoms with E-state index in [4.69, 9.17) is 5.73 Å². The van der Waals surface area contributed by atoms with Gasteiger partial charge in [0.25, 0.3) is 0 Å². The summed E-state index contributed by atoms with van der Waals surface area (Å²) in [5.41, 5.74) is 7.28. The second-order valence-electron chi connectivity index (χ2n) is 6.21. The van der Waals surface area contributed by atoms with Gasteiger partial charge in [-0.25, -0.2) is 15.0 Å². The van der Waals surface area contributed by atoms with Crippen LogP contribution in [0.1, 0.15) is 18.5 Å². The van der Waals surface area contributed by atoms with Gasteiger partial charge in [0.2, 0.25) is 5.95 Å². The average Bonchev–Trinajstić information content (AvgIpc) is 2.68. The molecular formula is C18H25IN6OS. The molecule has 0 amide bonds. The Morgan fingerprint density at radius 3 is 2.30 bits per heavy atom. The van der Waals surface area contributed by atoms with Crippen molar-refractivity contribution in [3.63, 3.8) is 0 Å². The third kappa shape index (κ3) is 5.61. The van der Waals surface area contributed by atoms with Gasteiger partial charge < -0.3 is 15.5 Å². The molecule has 0 spiro atoms. The van der Waals surface area contributed by atoms with Crippen LogP contribution >= 0.6 is 24.0 Å². The second-order valence-corrected chi connectivity index (χ2v) is 7.59. The zero-order valence-electron chi connectivity index (χ0n) is 15.5. The third-order valence-electron chi connectivity index (χ3n) is 4.46. The molecule has 2 aromatic rings. The monoisotopic (exact) mass is 500 g/mol. The number of rotatable bonds is 4. The Labute approximate surface area is 179 Å². The lowest BCUT2D eigenvalue weighted by molar-refractivity contribution is 0.377. The number of aromatic nitrogens is 2. The fourth-order valence-corrected chi connectivity index (χ4v) is 3.40. The minimum absolute atomic E-state index is 0. The Morgan fingerprint density at radius 1 is 1.15 bits per heavy atom. The zero-order chi connectivity index (χ0) is 18.5. The van der Waals surface area contributed by atoms with Crippen molar-refractivity contribution in [3.05, 3.63) is 48.3 Å². The molecule has 1 fully saturated rings. The molecule has 0 bridgehead atoms. The van der Waals surface area contributed by atoms with Crippen molar-refractivity contribution in [1.29, 1.82) is 0 Å². The maximum atomic E-state index is 11.5. The summed E-state index contributed by atoms with van der Waals surface area (Å²) in [5.74, 6) is 1.30. The van der Waals surface area contributed by atoms with Crippen molar-refractivity contribution >= 4 is 46.7 Å². The molecule has 146 valence electrons. The molecule has 2 atom stereocenters. The van der Waals surface area contributed by atoms with E-state index in [1.54, 1.807) is 18.6 Å². The zero-order valence-corrected chi connectivity index (χ0v) is 18.6. The second kappa shape index (κ2) is 9.98. The van der Waals surface area contributed by atoms with Gasteiger partial charge in [0.15, 0.2) is 5.96 Å². The summed E-state index contributed by atoms with van der Waals surface area (Å²) in [5, 5.41) is 0. The Bertz CT molecular complexity index is 778. The van der Waals surface area contributed by atoms with E-state index in [0.29, 0.717) is 5.96 Å². The van der Waals surface area contributed by atoms with Gasteiger partial charge in [-0.15, -0.1) is 24.0 Å². The summed E-state index contributed by atoms with van der Waals surface area (Å²) >= 11 is 0. The van der Waals surface area contributed by atoms with Crippen LogP contribution in [0.25, 0.3) is 0 Å². The van der Waals surface area contributed by atoms with Crippen molar-refractivity contribution in [1.82, 2.24) is 14.9 Å². The smallest absolute Gasteiger partial charge is 0.225 e. The average molecular weight is 500 g/mol. The highest BCUT2D eigenvalue weighted by atomic mass is 127. The molecular weight excluding hydrogens is 475 g/mol. The third-order valence-corrected chi connectivity index (χ3v) is 5.40. The lowest BCUT2D eigenvalue weighted by atomic mass is 10.1. The maximum Gasteiger partial charge on any atom is 0.225 e. The molecule has 3 rings (SSSR count). The fourth-order valence-electron chi connectivity index (χ4n) is 2.88. The van der Waals surface area contributed by atoms with E-state index in [1.165, 1.54) is 0 Å². The quantitative estimate of drug-likeness (QED) is 0.393. The molecule has 1 aliphatic rings. The molecule has 1 aromatic heterocycles. The minimum Gasteiger partial charge on any atom is -0.370 e. The number of halogens is 1. The molecule has 0 saturated carbocycles. The van der Waals surface area contributed by atoms with Crippen molar-refractivity contribution in [2.45, 2.75) is 17.9 Å². The topological polar surface area (TPSA) is 87.7 Å². The Hall–Kier alpha value is -1.75. The molecule has 0 radical (unpaired) electrons. The summed E-state index contributed by atoms with van der Waals surface area (Å²) < 4.78 is 11.5. The van der Waals surface area contributed by atoms with Crippen LogP contribution in [0.5, 0.6) is 0 Å². The molecule has 2 N–H and O–H groups in total. The summed E-state index contributed by atoms with van der Waals surface area (Å²) in [6.07, 6.45) is 5.19. The number of nitrogens with two attached hydrogens (primary N) is 1. The number of hydrogen-bond acceptors (Lipinski definition) is 5. The van der Waals surface area contributed by atoms with Crippen LogP contribution in [0.3, 0.4) is 0 Å². The number of aliphatic imine (C=N–C) groups is 1. The van der Waals surface area contributed by atoms with E-state index >= 15 is 0 Å². The number of nitrogens with zero attached hydrogens (tertiary/aromatic N) is 5. The van der Waals surface area contributed by atoms with E-state index in [9.17, 15) is 4.21 Å². The molecule has 9 heteroatoms. The Balaban J connectivity index is 0.00000261. The SMILES string of the molecule is CC(N=C(N)N1CCN(c2ncccn2)CC1)c1ccc(S(C)=O)cc1.I. The van der Waals surface area contributed by atoms with Gasteiger partial charge in [0.05, 0.1) is 6.04 Å². The predicted molar refractivity (Wildman–Crippen MR) is 120 cm³/mol. The first-order chi connectivity index (χ1) is 12.5. The minimum atomic E-state index is -0.968. The van der Waals surface area contributed by atoms with E-state index in [1.807, 2.05) is 37.3 Å². The van der Waals surface area contributed by atoms with Crippen LogP contribution < -0.4 is 10.6 Å². The first kappa shape index (κ1) is 21.5. The molecule has 1 saturated heterocycles. The van der Waals surface area contributed by atoms with Crippen molar-refractivity contribution < 1.29 is 4.21 Å². The molecule has 7 nitrogen and oxygen atoms in total. The highest BCUT2D eigenvalue weighted by Crippen LogP contribution is 2.19. The lowest BCUT2D eigenvalue weighted by Crippen LogP contribution is -2.51. The number of piperazine rings is 1. The van der Waals surface area contributed by atoms with E-state index in [2.05, 4.69) is 24.8 Å². The Kier molecular flexibility index (Phi) is 7.96. The fraction of sp³-hybridized carbons (Fsp3) is 0.389.